The first-order valence-corrected chi connectivity index (χ1v) is 25.1. The Hall–Kier alpha value is -4.64. The van der Waals surface area contributed by atoms with Crippen LogP contribution in [0.3, 0.4) is 0 Å². The van der Waals surface area contributed by atoms with Gasteiger partial charge in [-0.3, -0.25) is 0 Å². The molecule has 1 fully saturated rings. The first-order valence-electron chi connectivity index (χ1n) is 25.1. The molecule has 0 bridgehead atoms. The number of carbonyl (C=O) groups excluding carboxylic acids is 1. The van der Waals surface area contributed by atoms with Crippen molar-refractivity contribution in [2.24, 2.45) is 22.9 Å². The molecule has 1 amide bonds. The molecular formula is C56H78N2O8. The molecule has 1 aliphatic heterocycles. The van der Waals surface area contributed by atoms with Crippen LogP contribution in [-0.2, 0) is 20.9 Å². The number of rotatable bonds is 28. The Kier molecular flexibility index (Phi) is 20.0. The van der Waals surface area contributed by atoms with E-state index in [0.29, 0.717) is 37.4 Å². The van der Waals surface area contributed by atoms with Gasteiger partial charge >= 0.3 is 6.09 Å². The fraction of sp³-hybridized carbons (Fsp3) is 0.571. The minimum atomic E-state index is -1.36. The monoisotopic (exact) mass is 907 g/mol. The van der Waals surface area contributed by atoms with Gasteiger partial charge in [-0.1, -0.05) is 131 Å². The number of benzene rings is 3. The van der Waals surface area contributed by atoms with Gasteiger partial charge in [-0.05, 0) is 110 Å². The number of ether oxygens (including phenoxy) is 4. The number of aliphatic hydroxyl groups excluding tert-OH is 2. The number of aryl methyl sites for hydroxylation is 2. The molecule has 0 spiro atoms. The van der Waals surface area contributed by atoms with Gasteiger partial charge in [0.05, 0.1) is 24.8 Å². The summed E-state index contributed by atoms with van der Waals surface area (Å²) in [5, 5.41) is 24.9. The molecule has 6 atom stereocenters. The van der Waals surface area contributed by atoms with Crippen LogP contribution in [0.15, 0.2) is 96.2 Å². The van der Waals surface area contributed by atoms with E-state index >= 15 is 0 Å². The van der Waals surface area contributed by atoms with Gasteiger partial charge in [0.15, 0.2) is 0 Å². The zero-order valence-electron chi connectivity index (χ0n) is 40.4. The van der Waals surface area contributed by atoms with E-state index in [2.05, 4.69) is 51.6 Å². The second-order valence-corrected chi connectivity index (χ2v) is 18.8. The fourth-order valence-electron chi connectivity index (χ4n) is 10.4. The van der Waals surface area contributed by atoms with Crippen LogP contribution >= 0.6 is 0 Å². The maximum atomic E-state index is 14.3. The van der Waals surface area contributed by atoms with E-state index in [-0.39, 0.29) is 44.2 Å². The van der Waals surface area contributed by atoms with Crippen molar-refractivity contribution in [2.75, 3.05) is 33.5 Å². The summed E-state index contributed by atoms with van der Waals surface area (Å²) in [5.41, 5.74) is 6.07. The lowest BCUT2D eigenvalue weighted by Gasteiger charge is -2.59. The minimum Gasteiger partial charge on any atom is -0.459 e. The molecule has 0 saturated heterocycles. The van der Waals surface area contributed by atoms with Crippen LogP contribution < -0.4 is 9.47 Å². The van der Waals surface area contributed by atoms with Gasteiger partial charge in [0.1, 0.15) is 29.9 Å². The van der Waals surface area contributed by atoms with E-state index in [1.807, 2.05) is 48.5 Å². The third kappa shape index (κ3) is 13.1. The van der Waals surface area contributed by atoms with E-state index in [4.69, 9.17) is 28.9 Å². The molecule has 1 heterocycles. The van der Waals surface area contributed by atoms with Gasteiger partial charge in [-0.2, -0.15) is 0 Å². The van der Waals surface area contributed by atoms with Gasteiger partial charge in [-0.25, -0.2) is 4.79 Å². The number of nitrogens with zero attached hydrogens (tertiary/aromatic N) is 2. The summed E-state index contributed by atoms with van der Waals surface area (Å²) < 4.78 is 27.1. The van der Waals surface area contributed by atoms with Crippen LogP contribution in [0.5, 0.6) is 17.2 Å². The molecular weight excluding hydrogens is 829 g/mol. The number of hydrogen-bond acceptors (Lipinski definition) is 9. The number of amides is 1. The van der Waals surface area contributed by atoms with Crippen molar-refractivity contribution in [3.05, 3.63) is 113 Å². The summed E-state index contributed by atoms with van der Waals surface area (Å²) in [6, 6.07) is 21.5. The number of fused-ring (bicyclic) bond motifs is 2. The van der Waals surface area contributed by atoms with Gasteiger partial charge in [0, 0.05) is 38.2 Å². The average Bonchev–Trinajstić information content (AvgIpc) is 3.32. The highest BCUT2D eigenvalue weighted by atomic mass is 16.7. The van der Waals surface area contributed by atoms with Crippen molar-refractivity contribution in [1.29, 1.82) is 0 Å². The average molecular weight is 907 g/mol. The van der Waals surface area contributed by atoms with Crippen LogP contribution in [0.2, 0.25) is 0 Å². The van der Waals surface area contributed by atoms with Gasteiger partial charge in [-0.15, -0.1) is 6.58 Å². The maximum absolute atomic E-state index is 14.3. The highest BCUT2D eigenvalue weighted by Gasteiger charge is 2.65. The molecule has 0 aromatic heterocycles. The Balaban J connectivity index is 1.39. The van der Waals surface area contributed by atoms with E-state index in [1.165, 1.54) is 50.5 Å². The topological polar surface area (TPSA) is 119 Å². The summed E-state index contributed by atoms with van der Waals surface area (Å²) in [5.74, 6) is 0.374. The number of aliphatic hydroxyl groups is 2. The van der Waals surface area contributed by atoms with Crippen LogP contribution in [0, 0.1) is 31.6 Å². The molecule has 0 radical (unpaired) electrons. The summed E-state index contributed by atoms with van der Waals surface area (Å²) in [4.78, 5) is 22.2. The second kappa shape index (κ2) is 26.0. The second-order valence-electron chi connectivity index (χ2n) is 18.8. The zero-order chi connectivity index (χ0) is 46.7. The Labute approximate surface area is 395 Å². The molecule has 0 unspecified atom stereocenters. The smallest absolute Gasteiger partial charge is 0.409 e. The fourth-order valence-corrected chi connectivity index (χ4v) is 10.4. The standard InChI is InChI=1S/C56H78N2O8/c1-6-8-9-10-11-12-13-14-15-23-35-62-55(61)58(5)52-39-50(57-64-40-43-24-17-16-18-25-43)48-37-44(26-19-21-32-59)47(27-20-22-33-60)53-49-38-46(65-45-29-28-41(3)42(4)36-45)30-31-51(49)66-56(52,54(48)53)63-34-7-2/h7,16-18,24-25,28-31,36-38,44,47,52-54,59-60H,2,6,8-15,19-23,26-27,32-35,39-40H2,1,3-5H3/t44-,47+,52-,53+,54+,56+/m0/s1. The van der Waals surface area contributed by atoms with Crippen molar-refractivity contribution >= 4 is 11.8 Å². The van der Waals surface area contributed by atoms with Crippen LogP contribution in [0.4, 0.5) is 4.79 Å². The zero-order valence-corrected chi connectivity index (χ0v) is 40.4. The number of carbonyl (C=O) groups is 1. The predicted molar refractivity (Wildman–Crippen MR) is 263 cm³/mol. The van der Waals surface area contributed by atoms with Crippen molar-refractivity contribution < 1.29 is 38.8 Å². The third-order valence-corrected chi connectivity index (χ3v) is 14.1. The molecule has 1 saturated carbocycles. The number of oxime groups is 1. The summed E-state index contributed by atoms with van der Waals surface area (Å²) >= 11 is 0. The molecule has 360 valence electrons. The Morgan fingerprint density at radius 3 is 2.23 bits per heavy atom. The van der Waals surface area contributed by atoms with E-state index in [9.17, 15) is 15.0 Å². The molecule has 6 rings (SSSR count). The molecule has 3 aromatic rings. The highest BCUT2D eigenvalue weighted by molar-refractivity contribution is 6.03. The van der Waals surface area contributed by atoms with Crippen LogP contribution in [-0.4, -0.2) is 72.2 Å². The molecule has 2 aliphatic carbocycles. The molecule has 3 aromatic carbocycles. The number of likely N-dealkylation sites (N-methyl/N-ethyl adjacent to an activating group) is 1. The summed E-state index contributed by atoms with van der Waals surface area (Å²) in [6.45, 7) is 11.5. The van der Waals surface area contributed by atoms with Gasteiger partial charge < -0.3 is 38.9 Å². The van der Waals surface area contributed by atoms with E-state index < -0.39 is 23.8 Å². The summed E-state index contributed by atoms with van der Waals surface area (Å²) in [6.07, 6.45) is 20.7. The van der Waals surface area contributed by atoms with Crippen molar-refractivity contribution in [3.8, 4) is 17.2 Å². The Morgan fingerprint density at radius 2 is 1.53 bits per heavy atom. The van der Waals surface area contributed by atoms with Crippen molar-refractivity contribution in [3.63, 3.8) is 0 Å². The third-order valence-electron chi connectivity index (χ3n) is 14.1. The lowest BCUT2D eigenvalue weighted by Crippen LogP contribution is -2.69. The quantitative estimate of drug-likeness (QED) is 0.0420. The molecule has 10 nitrogen and oxygen atoms in total. The van der Waals surface area contributed by atoms with E-state index in [1.54, 1.807) is 18.0 Å². The minimum absolute atomic E-state index is 0.0917. The predicted octanol–water partition coefficient (Wildman–Crippen LogP) is 12.9. The Bertz CT molecular complexity index is 2030. The molecule has 10 heteroatoms. The normalized spacial score (nSPS) is 22.4. The largest absolute Gasteiger partial charge is 0.459 e. The SMILES string of the molecule is C=CCO[C@@]12Oc3ccc(Oc4ccc(C)c(C)c4)cc3[C@H]3[C@H](CCCCO)[C@@H](CCCCO)C=C(C(=NOCc4ccccc4)C[C@@H]1N(C)C(=O)OCCCCCCCCCCCC)[C@H]32. The van der Waals surface area contributed by atoms with Crippen molar-refractivity contribution in [2.45, 2.75) is 154 Å². The first-order chi connectivity index (χ1) is 32.2. The summed E-state index contributed by atoms with van der Waals surface area (Å²) in [7, 11) is 1.79. The molecule has 66 heavy (non-hydrogen) atoms. The van der Waals surface area contributed by atoms with Gasteiger partial charge in [0.25, 0.3) is 0 Å². The number of allylic oxidation sites excluding steroid dienone is 1. The molecule has 3 aliphatic rings. The van der Waals surface area contributed by atoms with Crippen LogP contribution in [0.1, 0.15) is 144 Å². The Morgan fingerprint density at radius 1 is 0.848 bits per heavy atom. The number of hydrogen-bond donors (Lipinski definition) is 2. The highest BCUT2D eigenvalue weighted by Crippen LogP contribution is 2.62. The van der Waals surface area contributed by atoms with Crippen molar-refractivity contribution in [1.82, 2.24) is 4.90 Å². The lowest BCUT2D eigenvalue weighted by molar-refractivity contribution is -0.253. The maximum Gasteiger partial charge on any atom is 0.409 e. The van der Waals surface area contributed by atoms with Gasteiger partial charge in [0.2, 0.25) is 5.79 Å². The number of unbranched alkanes of at least 4 members (excludes halogenated alkanes) is 11. The lowest BCUT2D eigenvalue weighted by atomic mass is 9.55. The first kappa shape index (κ1) is 50.8. The van der Waals surface area contributed by atoms with E-state index in [0.717, 1.165) is 78.7 Å². The van der Waals surface area contributed by atoms with Crippen LogP contribution in [0.25, 0.3) is 0 Å². The molecule has 2 N–H and O–H groups in total.